The number of β-amino-alcohol motifs (C(OH)–C–C–N with tert-alkyl or cyclic N) is 1. The van der Waals surface area contributed by atoms with Gasteiger partial charge in [-0.15, -0.1) is 11.3 Å². The van der Waals surface area contributed by atoms with Gasteiger partial charge in [0.25, 0.3) is 0 Å². The second-order valence-corrected chi connectivity index (χ2v) is 11.8. The maximum atomic E-state index is 13.6. The van der Waals surface area contributed by atoms with E-state index in [4.69, 9.17) is 5.11 Å². The van der Waals surface area contributed by atoms with E-state index in [1.165, 1.54) is 11.8 Å². The number of hydrogen-bond acceptors (Lipinski definition) is 7. The summed E-state index contributed by atoms with van der Waals surface area (Å²) in [5.74, 6) is -1.60. The zero-order chi connectivity index (χ0) is 29.1. The number of likely N-dealkylation sites (tertiary alicyclic amines) is 1. The van der Waals surface area contributed by atoms with E-state index in [0.29, 0.717) is 0 Å². The van der Waals surface area contributed by atoms with Crippen LogP contribution in [0.15, 0.2) is 29.8 Å². The number of nitrogens with zero attached hydrogens (tertiary/aromatic N) is 2. The van der Waals surface area contributed by atoms with Crippen molar-refractivity contribution in [3.63, 3.8) is 0 Å². The Balaban J connectivity index is 1.73. The highest BCUT2D eigenvalue weighted by Gasteiger charge is 2.45. The maximum absolute atomic E-state index is 13.6. The van der Waals surface area contributed by atoms with Crippen LogP contribution in [0, 0.1) is 12.3 Å². The number of hydrogen-bond donors (Lipinski definition) is 5. The first-order valence-corrected chi connectivity index (χ1v) is 13.7. The predicted octanol–water partition coefficient (Wildman–Crippen LogP) is 2.44. The molecule has 5 atom stereocenters. The highest BCUT2D eigenvalue weighted by molar-refractivity contribution is 7.13. The highest BCUT2D eigenvalue weighted by atomic mass is 32.1. The standard InChI is InChI=1S/C27H37N5O6S/c1-14(17-7-9-18(10-8-17)21-15(2)28-13-39-21)29-24(35)20-11-19(33)12-32(20)25(36)22(27(4,5)6)31-23(34)16(3)30-26(37)38/h7-10,13-14,16,19-20,22,30,33H,11-12H2,1-6H3,(H,29,35)(H,31,34)(H,37,38)/t14-,16+,19+,20-,22+/m0/s1. The largest absolute Gasteiger partial charge is 0.465 e. The molecule has 1 aliphatic heterocycles. The minimum atomic E-state index is -1.36. The van der Waals surface area contributed by atoms with Gasteiger partial charge in [0.2, 0.25) is 17.7 Å². The van der Waals surface area contributed by atoms with E-state index >= 15 is 0 Å². The Bertz CT molecular complexity index is 1210. The summed E-state index contributed by atoms with van der Waals surface area (Å²) in [5.41, 5.74) is 3.92. The molecule has 1 aromatic carbocycles. The molecule has 11 nitrogen and oxygen atoms in total. The van der Waals surface area contributed by atoms with Gasteiger partial charge in [-0.25, -0.2) is 9.78 Å². The second kappa shape index (κ2) is 12.1. The van der Waals surface area contributed by atoms with Crippen molar-refractivity contribution < 1.29 is 29.4 Å². The lowest BCUT2D eigenvalue weighted by molar-refractivity contribution is -0.144. The number of benzene rings is 1. The lowest BCUT2D eigenvalue weighted by Gasteiger charge is -2.36. The number of amides is 4. The van der Waals surface area contributed by atoms with Crippen LogP contribution in [0.2, 0.25) is 0 Å². The van der Waals surface area contributed by atoms with Gasteiger partial charge in [0.15, 0.2) is 0 Å². The summed E-state index contributed by atoms with van der Waals surface area (Å²) in [6.07, 6.45) is -2.20. The number of aryl methyl sites for hydroxylation is 1. The molecule has 1 fully saturated rings. The van der Waals surface area contributed by atoms with Crippen LogP contribution >= 0.6 is 11.3 Å². The molecule has 1 aliphatic rings. The first-order chi connectivity index (χ1) is 18.2. The lowest BCUT2D eigenvalue weighted by atomic mass is 9.85. The van der Waals surface area contributed by atoms with Gasteiger partial charge in [-0.1, -0.05) is 45.0 Å². The summed E-state index contributed by atoms with van der Waals surface area (Å²) >= 11 is 1.56. The number of thiazole rings is 1. The molecule has 1 saturated heterocycles. The molecule has 212 valence electrons. The smallest absolute Gasteiger partial charge is 0.405 e. The molecule has 2 heterocycles. The van der Waals surface area contributed by atoms with Crippen LogP contribution in [-0.2, 0) is 14.4 Å². The van der Waals surface area contributed by atoms with Crippen LogP contribution in [0.1, 0.15) is 58.3 Å². The molecule has 0 radical (unpaired) electrons. The van der Waals surface area contributed by atoms with Crippen LogP contribution in [0.3, 0.4) is 0 Å². The molecule has 5 N–H and O–H groups in total. The number of rotatable bonds is 8. The second-order valence-electron chi connectivity index (χ2n) is 11.0. The monoisotopic (exact) mass is 559 g/mol. The quantitative estimate of drug-likeness (QED) is 0.332. The average molecular weight is 560 g/mol. The molecule has 39 heavy (non-hydrogen) atoms. The number of aromatic nitrogens is 1. The highest BCUT2D eigenvalue weighted by Crippen LogP contribution is 2.29. The van der Waals surface area contributed by atoms with Crippen LogP contribution in [-0.4, -0.2) is 74.7 Å². The van der Waals surface area contributed by atoms with E-state index in [-0.39, 0.29) is 19.0 Å². The fourth-order valence-corrected chi connectivity index (χ4v) is 5.35. The Morgan fingerprint density at radius 3 is 2.26 bits per heavy atom. The SMILES string of the molecule is Cc1ncsc1-c1ccc([C@H](C)NC(=O)[C@@H]2C[C@@H](O)CN2C(=O)[C@@H](NC(=O)[C@@H](C)NC(=O)O)C(C)(C)C)cc1. The normalized spacial score (nSPS) is 19.6. The van der Waals surface area contributed by atoms with Crippen molar-refractivity contribution in [3.05, 3.63) is 41.0 Å². The molecule has 0 bridgehead atoms. The summed E-state index contributed by atoms with van der Waals surface area (Å²) in [6, 6.07) is 4.40. The Morgan fingerprint density at radius 2 is 1.72 bits per heavy atom. The van der Waals surface area contributed by atoms with Gasteiger partial charge in [0, 0.05) is 13.0 Å². The van der Waals surface area contributed by atoms with E-state index in [2.05, 4.69) is 20.9 Å². The molecular weight excluding hydrogens is 522 g/mol. The number of carboxylic acid groups (broad SMARTS) is 1. The van der Waals surface area contributed by atoms with E-state index in [1.807, 2.05) is 38.1 Å². The Morgan fingerprint density at radius 1 is 1.08 bits per heavy atom. The predicted molar refractivity (Wildman–Crippen MR) is 147 cm³/mol. The number of aliphatic hydroxyl groups excluding tert-OH is 1. The van der Waals surface area contributed by atoms with E-state index < -0.39 is 53.5 Å². The summed E-state index contributed by atoms with van der Waals surface area (Å²) < 4.78 is 0. The van der Waals surface area contributed by atoms with Crippen LogP contribution < -0.4 is 16.0 Å². The van der Waals surface area contributed by atoms with E-state index in [1.54, 1.807) is 37.6 Å². The molecule has 0 aliphatic carbocycles. The maximum Gasteiger partial charge on any atom is 0.405 e. The van der Waals surface area contributed by atoms with Crippen molar-refractivity contribution >= 4 is 35.2 Å². The van der Waals surface area contributed by atoms with E-state index in [9.17, 15) is 24.3 Å². The molecule has 12 heteroatoms. The molecule has 4 amide bonds. The third-order valence-corrected chi connectivity index (χ3v) is 7.75. The van der Waals surface area contributed by atoms with Gasteiger partial charge in [-0.3, -0.25) is 14.4 Å². The van der Waals surface area contributed by atoms with Crippen molar-refractivity contribution in [2.75, 3.05) is 6.54 Å². The Kier molecular flexibility index (Phi) is 9.34. The molecule has 3 rings (SSSR count). The van der Waals surface area contributed by atoms with Crippen LogP contribution in [0.5, 0.6) is 0 Å². The van der Waals surface area contributed by atoms with Crippen LogP contribution in [0.4, 0.5) is 4.79 Å². The molecule has 2 aromatic rings. The van der Waals surface area contributed by atoms with Gasteiger partial charge >= 0.3 is 6.09 Å². The number of aliphatic hydroxyl groups is 1. The number of nitrogens with one attached hydrogen (secondary N) is 3. The van der Waals surface area contributed by atoms with Crippen molar-refractivity contribution in [1.82, 2.24) is 25.8 Å². The Labute approximate surface area is 232 Å². The third kappa shape index (κ3) is 7.33. The zero-order valence-electron chi connectivity index (χ0n) is 23.0. The van der Waals surface area contributed by atoms with Gasteiger partial charge in [0.1, 0.15) is 18.1 Å². The summed E-state index contributed by atoms with van der Waals surface area (Å²) in [5, 5.41) is 26.9. The van der Waals surface area contributed by atoms with Crippen LogP contribution in [0.25, 0.3) is 10.4 Å². The van der Waals surface area contributed by atoms with Gasteiger partial charge in [-0.05, 0) is 37.3 Å². The summed E-state index contributed by atoms with van der Waals surface area (Å²) in [7, 11) is 0. The summed E-state index contributed by atoms with van der Waals surface area (Å²) in [6.45, 7) is 10.4. The fraction of sp³-hybridized carbons (Fsp3) is 0.519. The summed E-state index contributed by atoms with van der Waals surface area (Å²) in [4.78, 5) is 57.2. The van der Waals surface area contributed by atoms with Crippen molar-refractivity contribution in [2.45, 2.75) is 78.2 Å². The molecule has 1 aromatic heterocycles. The minimum absolute atomic E-state index is 0.0560. The Hall–Kier alpha value is -3.51. The average Bonchev–Trinajstić information content (AvgIpc) is 3.46. The van der Waals surface area contributed by atoms with Crippen molar-refractivity contribution in [3.8, 4) is 10.4 Å². The molecule has 0 saturated carbocycles. The van der Waals surface area contributed by atoms with Gasteiger partial charge in [0.05, 0.1) is 28.2 Å². The van der Waals surface area contributed by atoms with Crippen molar-refractivity contribution in [1.29, 1.82) is 0 Å². The van der Waals surface area contributed by atoms with E-state index in [0.717, 1.165) is 21.7 Å². The lowest BCUT2D eigenvalue weighted by Crippen LogP contribution is -2.60. The fourth-order valence-electron chi connectivity index (χ4n) is 4.53. The first-order valence-electron chi connectivity index (χ1n) is 12.8. The van der Waals surface area contributed by atoms with Gasteiger partial charge in [-0.2, -0.15) is 0 Å². The molecule has 0 spiro atoms. The zero-order valence-corrected chi connectivity index (χ0v) is 23.8. The minimum Gasteiger partial charge on any atom is -0.465 e. The van der Waals surface area contributed by atoms with Gasteiger partial charge < -0.3 is 31.1 Å². The first kappa shape index (κ1) is 30.0. The molecular formula is C27H37N5O6S. The topological polar surface area (TPSA) is 161 Å². The molecule has 0 unspecified atom stereocenters. The van der Waals surface area contributed by atoms with Crippen molar-refractivity contribution in [2.24, 2.45) is 5.41 Å². The third-order valence-electron chi connectivity index (χ3n) is 6.77. The number of carbonyl (C=O) groups is 4. The number of carbonyl (C=O) groups excluding carboxylic acids is 3.